The first-order valence-corrected chi connectivity index (χ1v) is 14.8. The van der Waals surface area contributed by atoms with Crippen molar-refractivity contribution in [1.82, 2.24) is 10.2 Å². The molecule has 3 amide bonds. The van der Waals surface area contributed by atoms with Gasteiger partial charge in [0, 0.05) is 13.0 Å². The lowest BCUT2D eigenvalue weighted by Crippen LogP contribution is -2.58. The number of esters is 1. The summed E-state index contributed by atoms with van der Waals surface area (Å²) in [5.74, 6) is -3.53. The van der Waals surface area contributed by atoms with Gasteiger partial charge in [-0.1, -0.05) is 35.9 Å². The maximum atomic E-state index is 14.5. The Balaban J connectivity index is 1.64. The first kappa shape index (κ1) is 31.7. The maximum Gasteiger partial charge on any atom is 0.312 e. The lowest BCUT2D eigenvalue weighted by atomic mass is 9.70. The van der Waals surface area contributed by atoms with E-state index in [1.54, 1.807) is 38.1 Å². The summed E-state index contributed by atoms with van der Waals surface area (Å²) in [6, 6.07) is 3.50. The second-order valence-electron chi connectivity index (χ2n) is 11.4. The number of fused-ring (bicyclic) bond motifs is 1. The van der Waals surface area contributed by atoms with Crippen molar-refractivity contribution >= 4 is 41.0 Å². The molecule has 7 atom stereocenters. The number of carbonyl (C=O) groups excluding carboxylic acids is 4. The van der Waals surface area contributed by atoms with Crippen molar-refractivity contribution in [1.29, 1.82) is 0 Å². The normalized spacial score (nSPS) is 27.3. The molecule has 3 saturated heterocycles. The average Bonchev–Trinajstić information content (AvgIpc) is 3.61. The summed E-state index contributed by atoms with van der Waals surface area (Å²) < 4.78 is 12.2. The minimum absolute atomic E-state index is 0.117. The Hall–Kier alpha value is -3.21. The lowest BCUT2D eigenvalue weighted by Gasteiger charge is -2.39. The molecule has 0 aromatic heterocycles. The minimum atomic E-state index is -1.28. The Kier molecular flexibility index (Phi) is 9.80. The van der Waals surface area contributed by atoms with Gasteiger partial charge in [-0.05, 0) is 51.7 Å². The van der Waals surface area contributed by atoms with Crippen LogP contribution in [0.3, 0.4) is 0 Å². The number of halogens is 1. The Labute approximate surface area is 251 Å². The summed E-state index contributed by atoms with van der Waals surface area (Å²) in [7, 11) is 0. The van der Waals surface area contributed by atoms with Crippen molar-refractivity contribution in [2.24, 2.45) is 11.8 Å². The molecule has 0 radical (unpaired) electrons. The number of aliphatic hydroxyl groups excluding tert-OH is 1. The van der Waals surface area contributed by atoms with E-state index in [-0.39, 0.29) is 32.0 Å². The molecular weight excluding hydrogens is 562 g/mol. The molecule has 228 valence electrons. The number of hydrogen-bond acceptors (Lipinski definition) is 7. The summed E-state index contributed by atoms with van der Waals surface area (Å²) in [4.78, 5) is 57.0. The quantitative estimate of drug-likeness (QED) is 0.263. The van der Waals surface area contributed by atoms with Gasteiger partial charge in [0.15, 0.2) is 0 Å². The number of para-hydroxylation sites is 1. The van der Waals surface area contributed by atoms with Crippen molar-refractivity contribution in [2.75, 3.05) is 24.6 Å². The van der Waals surface area contributed by atoms with Gasteiger partial charge in [0.25, 0.3) is 5.91 Å². The van der Waals surface area contributed by atoms with Gasteiger partial charge >= 0.3 is 5.97 Å². The number of nitrogens with one attached hydrogen (secondary N) is 1. The van der Waals surface area contributed by atoms with E-state index in [0.717, 1.165) is 5.56 Å². The van der Waals surface area contributed by atoms with Crippen molar-refractivity contribution in [2.45, 2.75) is 76.3 Å². The minimum Gasteiger partial charge on any atom is -0.460 e. The number of aryl methyl sites for hydroxylation is 1. The zero-order valence-electron chi connectivity index (χ0n) is 24.4. The molecule has 11 heteroatoms. The first-order chi connectivity index (χ1) is 20.0. The van der Waals surface area contributed by atoms with Gasteiger partial charge in [-0.25, -0.2) is 0 Å². The predicted molar refractivity (Wildman–Crippen MR) is 158 cm³/mol. The van der Waals surface area contributed by atoms with E-state index in [0.29, 0.717) is 30.0 Å². The number of benzene rings is 1. The average molecular weight is 602 g/mol. The Morgan fingerprint density at radius 2 is 2.05 bits per heavy atom. The van der Waals surface area contributed by atoms with Crippen LogP contribution in [0.15, 0.2) is 43.5 Å². The molecule has 1 aromatic rings. The van der Waals surface area contributed by atoms with Crippen molar-refractivity contribution in [3.8, 4) is 0 Å². The Morgan fingerprint density at radius 1 is 1.31 bits per heavy atom. The monoisotopic (exact) mass is 601 g/mol. The number of likely N-dealkylation sites (tertiary alicyclic amines) is 1. The summed E-state index contributed by atoms with van der Waals surface area (Å²) in [6.45, 7) is 12.4. The molecule has 1 aromatic carbocycles. The summed E-state index contributed by atoms with van der Waals surface area (Å²) in [5, 5.41) is 13.2. The number of ether oxygens (including phenoxy) is 2. The number of hydrogen-bond donors (Lipinski definition) is 2. The third kappa shape index (κ3) is 5.59. The van der Waals surface area contributed by atoms with Crippen molar-refractivity contribution < 1.29 is 33.8 Å². The summed E-state index contributed by atoms with van der Waals surface area (Å²) in [5.41, 5.74) is -0.00945. The number of rotatable bonds is 13. The van der Waals surface area contributed by atoms with E-state index in [4.69, 9.17) is 21.1 Å². The fraction of sp³-hybridized carbons (Fsp3) is 0.548. The maximum absolute atomic E-state index is 14.5. The number of amides is 3. The van der Waals surface area contributed by atoms with E-state index >= 15 is 0 Å². The highest BCUT2D eigenvalue weighted by Gasteiger charge is 2.75. The molecule has 2 bridgehead atoms. The number of carbonyl (C=O) groups is 4. The van der Waals surface area contributed by atoms with Crippen molar-refractivity contribution in [3.05, 3.63) is 54.1 Å². The van der Waals surface area contributed by atoms with Crippen LogP contribution in [0.5, 0.6) is 0 Å². The molecule has 0 saturated carbocycles. The SMILES string of the molecule is C=CCCC(=O)NC[C@H](C)OC(=O)[C@@H]1[C@@H]2CC[C@]3(O2)[C@H](C(=O)N(CC=C)c2c(C)cccc2Cl)N([C@H](C)CO)C(=O)[C@@H]13. The van der Waals surface area contributed by atoms with E-state index in [2.05, 4.69) is 18.5 Å². The molecule has 3 heterocycles. The highest BCUT2D eigenvalue weighted by Crippen LogP contribution is 2.59. The van der Waals surface area contributed by atoms with Crippen LogP contribution in [-0.2, 0) is 28.7 Å². The van der Waals surface area contributed by atoms with Gasteiger partial charge in [0.1, 0.15) is 17.7 Å². The highest BCUT2D eigenvalue weighted by molar-refractivity contribution is 6.34. The summed E-state index contributed by atoms with van der Waals surface area (Å²) >= 11 is 6.57. The molecule has 3 aliphatic rings. The van der Waals surface area contributed by atoms with E-state index in [1.807, 2.05) is 13.0 Å². The molecule has 0 unspecified atom stereocenters. The fourth-order valence-electron chi connectivity index (χ4n) is 6.63. The van der Waals surface area contributed by atoms with Crippen LogP contribution in [0.25, 0.3) is 0 Å². The molecule has 42 heavy (non-hydrogen) atoms. The molecule has 0 aliphatic carbocycles. The van der Waals surface area contributed by atoms with Gasteiger partial charge < -0.3 is 29.7 Å². The molecule has 2 N–H and O–H groups in total. The number of nitrogens with zero attached hydrogens (tertiary/aromatic N) is 2. The van der Waals surface area contributed by atoms with Crippen LogP contribution >= 0.6 is 11.6 Å². The van der Waals surface area contributed by atoms with E-state index < -0.39 is 59.5 Å². The van der Waals surface area contributed by atoms with Crippen LogP contribution in [0.4, 0.5) is 5.69 Å². The van der Waals surface area contributed by atoms with Crippen LogP contribution < -0.4 is 10.2 Å². The molecular formula is C31H40ClN3O7. The smallest absolute Gasteiger partial charge is 0.312 e. The third-order valence-corrected chi connectivity index (χ3v) is 8.80. The number of allylic oxidation sites excluding steroid dienone is 1. The van der Waals surface area contributed by atoms with Crippen LogP contribution in [0.2, 0.25) is 5.02 Å². The van der Waals surface area contributed by atoms with Crippen LogP contribution in [0, 0.1) is 18.8 Å². The van der Waals surface area contributed by atoms with Gasteiger partial charge in [-0.3, -0.25) is 19.2 Å². The van der Waals surface area contributed by atoms with Gasteiger partial charge in [0.05, 0.1) is 47.8 Å². The van der Waals surface area contributed by atoms with E-state index in [9.17, 15) is 24.3 Å². The predicted octanol–water partition coefficient (Wildman–Crippen LogP) is 2.94. The van der Waals surface area contributed by atoms with Crippen LogP contribution in [0.1, 0.15) is 45.1 Å². The van der Waals surface area contributed by atoms with Gasteiger partial charge in [-0.2, -0.15) is 0 Å². The number of aliphatic hydroxyl groups is 1. The summed E-state index contributed by atoms with van der Waals surface area (Å²) in [6.07, 6.45) is 3.66. The molecule has 3 fully saturated rings. The molecule has 4 rings (SSSR count). The topological polar surface area (TPSA) is 125 Å². The number of anilines is 1. The van der Waals surface area contributed by atoms with Gasteiger partial charge in [0.2, 0.25) is 11.8 Å². The Bertz CT molecular complexity index is 1230. The second kappa shape index (κ2) is 13.0. The Morgan fingerprint density at radius 3 is 2.69 bits per heavy atom. The fourth-order valence-corrected chi connectivity index (χ4v) is 6.95. The zero-order chi connectivity index (χ0) is 30.8. The van der Waals surface area contributed by atoms with Gasteiger partial charge in [-0.15, -0.1) is 13.2 Å². The lowest BCUT2D eigenvalue weighted by molar-refractivity contribution is -0.159. The first-order valence-electron chi connectivity index (χ1n) is 14.4. The largest absolute Gasteiger partial charge is 0.460 e. The van der Waals surface area contributed by atoms with E-state index in [1.165, 1.54) is 9.80 Å². The third-order valence-electron chi connectivity index (χ3n) is 8.50. The van der Waals surface area contributed by atoms with Crippen LogP contribution in [-0.4, -0.2) is 83.3 Å². The second-order valence-corrected chi connectivity index (χ2v) is 11.8. The molecule has 10 nitrogen and oxygen atoms in total. The highest BCUT2D eigenvalue weighted by atomic mass is 35.5. The zero-order valence-corrected chi connectivity index (χ0v) is 25.1. The molecule has 1 spiro atoms. The molecule has 3 aliphatic heterocycles. The van der Waals surface area contributed by atoms with Crippen molar-refractivity contribution in [3.63, 3.8) is 0 Å². The standard InChI is InChI=1S/C31H40ClN3O7/c1-6-8-12-23(37)33-16-20(5)41-30(40)24-22-13-14-31(42-22)25(24)28(38)35(19(4)17-36)27(31)29(39)34(15-7-2)26-18(3)10-9-11-21(26)32/h6-7,9-11,19-20,22,24-25,27,36H,1-2,8,12-17H2,3-5H3,(H,33,37)/t19-,20+,22+,24-,25-,27+,31-/m1/s1.